The van der Waals surface area contributed by atoms with Gasteiger partial charge in [-0.3, -0.25) is 14.9 Å². The van der Waals surface area contributed by atoms with Crippen LogP contribution in [0.4, 0.5) is 11.4 Å². The van der Waals surface area contributed by atoms with Crippen molar-refractivity contribution < 1.29 is 14.2 Å². The van der Waals surface area contributed by atoms with E-state index in [0.29, 0.717) is 17.9 Å². The maximum atomic E-state index is 12.0. The lowest BCUT2D eigenvalue weighted by Gasteiger charge is -2.07. The normalized spacial score (nSPS) is 10.1. The van der Waals surface area contributed by atoms with Crippen molar-refractivity contribution in [2.24, 2.45) is 0 Å². The van der Waals surface area contributed by atoms with E-state index in [4.69, 9.17) is 0 Å². The molecule has 0 bridgehead atoms. The van der Waals surface area contributed by atoms with Crippen LogP contribution in [-0.2, 0) is 6.54 Å². The highest BCUT2D eigenvalue weighted by Crippen LogP contribution is 2.25. The lowest BCUT2D eigenvalue weighted by Crippen LogP contribution is -2.23. The zero-order valence-electron chi connectivity index (χ0n) is 11.3. The van der Waals surface area contributed by atoms with Crippen LogP contribution in [0.1, 0.15) is 23.0 Å². The molecule has 2 N–H and O–H groups in total. The molecule has 1 aromatic heterocycles. The van der Waals surface area contributed by atoms with E-state index in [1.54, 1.807) is 6.07 Å². The molecule has 0 radical (unpaired) electrons. The minimum atomic E-state index is -0.521. The molecule has 0 fully saturated rings. The average molecular weight is 290 g/mol. The predicted octanol–water partition coefficient (Wildman–Crippen LogP) is 1.94. The number of nitrogens with zero attached hydrogens (tertiary/aromatic N) is 2. The van der Waals surface area contributed by atoms with Crippen LogP contribution in [0.5, 0.6) is 0 Å². The number of anilines is 1. The van der Waals surface area contributed by atoms with Crippen molar-refractivity contribution in [2.75, 3.05) is 11.9 Å². The summed E-state index contributed by atoms with van der Waals surface area (Å²) in [6, 6.07) is 5.92. The fourth-order valence-electron chi connectivity index (χ4n) is 1.77. The van der Waals surface area contributed by atoms with E-state index >= 15 is 0 Å². The summed E-state index contributed by atoms with van der Waals surface area (Å²) in [5, 5.41) is 20.2. The molecule has 0 spiro atoms. The van der Waals surface area contributed by atoms with Crippen molar-refractivity contribution in [3.05, 3.63) is 51.9 Å². The molecular formula is C13H14N4O4. The lowest BCUT2D eigenvalue weighted by atomic mass is 10.1. The van der Waals surface area contributed by atoms with Gasteiger partial charge in [0.15, 0.2) is 0 Å². The predicted molar refractivity (Wildman–Crippen MR) is 74.9 cm³/mol. The summed E-state index contributed by atoms with van der Waals surface area (Å²) in [7, 11) is 0. The molecule has 0 saturated carbocycles. The SMILES string of the molecule is CCNc1ccc(C(=O)NCc2ccon2)cc1[N+](=O)[O-]. The molecular weight excluding hydrogens is 276 g/mol. The van der Waals surface area contributed by atoms with Gasteiger partial charge in [0.2, 0.25) is 0 Å². The van der Waals surface area contributed by atoms with Gasteiger partial charge in [0.25, 0.3) is 11.6 Å². The molecule has 1 aromatic carbocycles. The minimum Gasteiger partial charge on any atom is -0.380 e. The summed E-state index contributed by atoms with van der Waals surface area (Å²) in [5.41, 5.74) is 1.04. The third kappa shape index (κ3) is 3.56. The highest BCUT2D eigenvalue weighted by molar-refractivity contribution is 5.95. The summed E-state index contributed by atoms with van der Waals surface area (Å²) in [5.74, 6) is -0.413. The van der Waals surface area contributed by atoms with Crippen LogP contribution in [-0.4, -0.2) is 22.5 Å². The molecule has 0 unspecified atom stereocenters. The van der Waals surface area contributed by atoms with E-state index in [2.05, 4.69) is 20.3 Å². The molecule has 21 heavy (non-hydrogen) atoms. The van der Waals surface area contributed by atoms with Crippen LogP contribution in [0.25, 0.3) is 0 Å². The number of benzene rings is 1. The van der Waals surface area contributed by atoms with Crippen molar-refractivity contribution in [3.8, 4) is 0 Å². The van der Waals surface area contributed by atoms with Gasteiger partial charge in [-0.1, -0.05) is 5.16 Å². The highest BCUT2D eigenvalue weighted by atomic mass is 16.6. The van der Waals surface area contributed by atoms with Crippen LogP contribution in [0.3, 0.4) is 0 Å². The minimum absolute atomic E-state index is 0.133. The van der Waals surface area contributed by atoms with Gasteiger partial charge in [-0.2, -0.15) is 0 Å². The summed E-state index contributed by atoms with van der Waals surface area (Å²) < 4.78 is 4.65. The highest BCUT2D eigenvalue weighted by Gasteiger charge is 2.17. The smallest absolute Gasteiger partial charge is 0.293 e. The maximum absolute atomic E-state index is 12.0. The number of nitro groups is 1. The second-order valence-corrected chi connectivity index (χ2v) is 4.19. The third-order valence-corrected chi connectivity index (χ3v) is 2.75. The van der Waals surface area contributed by atoms with Gasteiger partial charge in [0.05, 0.1) is 11.5 Å². The van der Waals surface area contributed by atoms with Crippen LogP contribution in [0, 0.1) is 10.1 Å². The average Bonchev–Trinajstić information content (AvgIpc) is 2.98. The molecule has 0 aliphatic carbocycles. The van der Waals surface area contributed by atoms with Crippen LogP contribution < -0.4 is 10.6 Å². The van der Waals surface area contributed by atoms with Gasteiger partial charge in [0.1, 0.15) is 17.6 Å². The van der Waals surface area contributed by atoms with E-state index < -0.39 is 10.8 Å². The zero-order valence-corrected chi connectivity index (χ0v) is 11.3. The first kappa shape index (κ1) is 14.5. The maximum Gasteiger partial charge on any atom is 0.293 e. The Labute approximate surface area is 120 Å². The van der Waals surface area contributed by atoms with Gasteiger partial charge in [-0.15, -0.1) is 0 Å². The Kier molecular flexibility index (Phi) is 4.50. The summed E-state index contributed by atoms with van der Waals surface area (Å²) in [6.07, 6.45) is 1.40. The van der Waals surface area contributed by atoms with Gasteiger partial charge in [-0.25, -0.2) is 0 Å². The molecule has 110 valence electrons. The van der Waals surface area contributed by atoms with Gasteiger partial charge in [-0.05, 0) is 19.1 Å². The Morgan fingerprint density at radius 3 is 2.86 bits per heavy atom. The van der Waals surface area contributed by atoms with E-state index in [0.717, 1.165) is 0 Å². The second kappa shape index (κ2) is 6.51. The standard InChI is InChI=1S/C13H14N4O4/c1-2-14-11-4-3-9(7-12(11)17(19)20)13(18)15-8-10-5-6-21-16-10/h3-7,14H,2,8H2,1H3,(H,15,18). The molecule has 0 atom stereocenters. The molecule has 0 saturated heterocycles. The van der Waals surface area contributed by atoms with Crippen LogP contribution >= 0.6 is 0 Å². The quantitative estimate of drug-likeness (QED) is 0.621. The first-order chi connectivity index (χ1) is 10.1. The number of carbonyl (C=O) groups excluding carboxylic acids is 1. The molecule has 0 aliphatic rings. The topological polar surface area (TPSA) is 110 Å². The summed E-state index contributed by atoms with van der Waals surface area (Å²) in [4.78, 5) is 22.5. The van der Waals surface area contributed by atoms with E-state index in [-0.39, 0.29) is 17.8 Å². The Bertz CT molecular complexity index is 640. The van der Waals surface area contributed by atoms with E-state index in [9.17, 15) is 14.9 Å². The summed E-state index contributed by atoms with van der Waals surface area (Å²) >= 11 is 0. The first-order valence-electron chi connectivity index (χ1n) is 6.31. The zero-order chi connectivity index (χ0) is 15.2. The van der Waals surface area contributed by atoms with Crippen molar-refractivity contribution in [1.82, 2.24) is 10.5 Å². The van der Waals surface area contributed by atoms with Crippen molar-refractivity contribution in [3.63, 3.8) is 0 Å². The fraction of sp³-hybridized carbons (Fsp3) is 0.231. The number of hydrogen-bond donors (Lipinski definition) is 2. The van der Waals surface area contributed by atoms with Crippen molar-refractivity contribution in [2.45, 2.75) is 13.5 Å². The second-order valence-electron chi connectivity index (χ2n) is 4.19. The lowest BCUT2D eigenvalue weighted by molar-refractivity contribution is -0.384. The number of aromatic nitrogens is 1. The largest absolute Gasteiger partial charge is 0.380 e. The number of carbonyl (C=O) groups is 1. The number of nitrogens with one attached hydrogen (secondary N) is 2. The first-order valence-corrected chi connectivity index (χ1v) is 6.31. The summed E-state index contributed by atoms with van der Waals surface area (Å²) in [6.45, 7) is 2.58. The van der Waals surface area contributed by atoms with Gasteiger partial charge in [0, 0.05) is 24.2 Å². The van der Waals surface area contributed by atoms with E-state index in [1.807, 2.05) is 6.92 Å². The van der Waals surface area contributed by atoms with Crippen LogP contribution in [0.15, 0.2) is 35.1 Å². The number of amides is 1. The van der Waals surface area contributed by atoms with Crippen molar-refractivity contribution >= 4 is 17.3 Å². The Morgan fingerprint density at radius 2 is 2.24 bits per heavy atom. The number of rotatable bonds is 6. The van der Waals surface area contributed by atoms with Crippen LogP contribution in [0.2, 0.25) is 0 Å². The molecule has 1 heterocycles. The van der Waals surface area contributed by atoms with E-state index in [1.165, 1.54) is 24.5 Å². The monoisotopic (exact) mass is 290 g/mol. The molecule has 0 aliphatic heterocycles. The molecule has 2 rings (SSSR count). The number of nitro benzene ring substituents is 1. The van der Waals surface area contributed by atoms with Gasteiger partial charge < -0.3 is 15.2 Å². The Morgan fingerprint density at radius 1 is 1.43 bits per heavy atom. The molecule has 1 amide bonds. The third-order valence-electron chi connectivity index (χ3n) is 2.75. The molecule has 8 nitrogen and oxygen atoms in total. The molecule has 2 aromatic rings. The Hall–Kier alpha value is -2.90. The Balaban J connectivity index is 2.13. The van der Waals surface area contributed by atoms with Crippen molar-refractivity contribution in [1.29, 1.82) is 0 Å². The van der Waals surface area contributed by atoms with Gasteiger partial charge >= 0.3 is 0 Å². The molecule has 8 heteroatoms. The number of hydrogen-bond acceptors (Lipinski definition) is 6. The fourth-order valence-corrected chi connectivity index (χ4v) is 1.77.